The predicted molar refractivity (Wildman–Crippen MR) is 104 cm³/mol. The average Bonchev–Trinajstić information content (AvgIpc) is 3.26. The first-order chi connectivity index (χ1) is 12.7. The number of aliphatic hydroxyl groups excluding tert-OH is 1. The van der Waals surface area contributed by atoms with Gasteiger partial charge in [0.2, 0.25) is 11.8 Å². The van der Waals surface area contributed by atoms with Gasteiger partial charge in [-0.1, -0.05) is 28.1 Å². The maximum atomic E-state index is 9.10. The molecule has 4 rings (SSSR count). The molecule has 0 atom stereocenters. The summed E-state index contributed by atoms with van der Waals surface area (Å²) in [5.74, 6) is 1.29. The Labute approximate surface area is 158 Å². The molecule has 2 N–H and O–H groups in total. The number of anilines is 1. The fraction of sp³-hybridized carbons (Fsp3) is 0.158. The van der Waals surface area contributed by atoms with Crippen molar-refractivity contribution in [2.75, 3.05) is 18.5 Å². The Hall–Kier alpha value is -2.64. The van der Waals surface area contributed by atoms with Gasteiger partial charge in [0.1, 0.15) is 6.26 Å². The summed E-state index contributed by atoms with van der Waals surface area (Å²) in [6.07, 6.45) is 1.67. The molecule has 4 aromatic rings. The van der Waals surface area contributed by atoms with Crippen molar-refractivity contribution in [2.24, 2.45) is 0 Å². The van der Waals surface area contributed by atoms with Gasteiger partial charge >= 0.3 is 0 Å². The SMILES string of the molecule is OCCNc1nc2ccccc2n1Cc1coc(-c2ccc(Br)cc2)n1. The molecule has 2 aromatic heterocycles. The fourth-order valence-corrected chi connectivity index (χ4v) is 3.07. The lowest BCUT2D eigenvalue weighted by Gasteiger charge is -2.08. The molecule has 0 bridgehead atoms. The molecule has 0 unspecified atom stereocenters. The van der Waals surface area contributed by atoms with E-state index in [-0.39, 0.29) is 6.61 Å². The second-order valence-electron chi connectivity index (χ2n) is 5.81. The molecule has 7 heteroatoms. The number of oxazole rings is 1. The van der Waals surface area contributed by atoms with E-state index in [1.807, 2.05) is 53.1 Å². The average molecular weight is 413 g/mol. The van der Waals surface area contributed by atoms with Crippen LogP contribution in [-0.4, -0.2) is 32.8 Å². The highest BCUT2D eigenvalue weighted by atomic mass is 79.9. The molecule has 26 heavy (non-hydrogen) atoms. The molecule has 2 aromatic carbocycles. The molecule has 6 nitrogen and oxygen atoms in total. The van der Waals surface area contributed by atoms with Crippen molar-refractivity contribution in [3.8, 4) is 11.5 Å². The van der Waals surface area contributed by atoms with E-state index >= 15 is 0 Å². The number of imidazole rings is 1. The van der Waals surface area contributed by atoms with Gasteiger partial charge in [-0.15, -0.1) is 0 Å². The van der Waals surface area contributed by atoms with Crippen molar-refractivity contribution in [3.05, 3.63) is 65.0 Å². The summed E-state index contributed by atoms with van der Waals surface area (Å²) in [6, 6.07) is 15.7. The number of nitrogens with zero attached hydrogens (tertiary/aromatic N) is 3. The summed E-state index contributed by atoms with van der Waals surface area (Å²) >= 11 is 3.43. The Morgan fingerprint density at radius 3 is 2.69 bits per heavy atom. The number of para-hydroxylation sites is 2. The largest absolute Gasteiger partial charge is 0.444 e. The molecule has 132 valence electrons. The quantitative estimate of drug-likeness (QED) is 0.502. The van der Waals surface area contributed by atoms with Crippen LogP contribution in [0, 0.1) is 0 Å². The van der Waals surface area contributed by atoms with Crippen LogP contribution >= 0.6 is 15.9 Å². The lowest BCUT2D eigenvalue weighted by Crippen LogP contribution is -2.12. The van der Waals surface area contributed by atoms with E-state index in [4.69, 9.17) is 9.52 Å². The number of nitrogens with one attached hydrogen (secondary N) is 1. The van der Waals surface area contributed by atoms with Gasteiger partial charge in [0.15, 0.2) is 0 Å². The summed E-state index contributed by atoms with van der Waals surface area (Å²) in [5, 5.41) is 12.3. The Morgan fingerprint density at radius 2 is 1.88 bits per heavy atom. The number of halogens is 1. The van der Waals surface area contributed by atoms with E-state index in [0.717, 1.165) is 26.8 Å². The number of hydrogen-bond donors (Lipinski definition) is 2. The third-order valence-electron chi connectivity index (χ3n) is 4.01. The Morgan fingerprint density at radius 1 is 1.08 bits per heavy atom. The molecule has 0 aliphatic carbocycles. The number of hydrogen-bond acceptors (Lipinski definition) is 5. The van der Waals surface area contributed by atoms with E-state index in [1.54, 1.807) is 6.26 Å². The van der Waals surface area contributed by atoms with Gasteiger partial charge in [-0.3, -0.25) is 0 Å². The van der Waals surface area contributed by atoms with Crippen molar-refractivity contribution in [1.29, 1.82) is 0 Å². The second-order valence-corrected chi connectivity index (χ2v) is 6.73. The molecule has 0 aliphatic heterocycles. The zero-order valence-electron chi connectivity index (χ0n) is 13.9. The van der Waals surface area contributed by atoms with Crippen LogP contribution in [0.4, 0.5) is 5.95 Å². The molecule has 0 aliphatic rings. The van der Waals surface area contributed by atoms with Gasteiger partial charge < -0.3 is 19.4 Å². The van der Waals surface area contributed by atoms with E-state index in [0.29, 0.717) is 24.9 Å². The number of benzene rings is 2. The van der Waals surface area contributed by atoms with Crippen molar-refractivity contribution in [1.82, 2.24) is 14.5 Å². The van der Waals surface area contributed by atoms with E-state index in [2.05, 4.69) is 31.2 Å². The van der Waals surface area contributed by atoms with Gasteiger partial charge in [-0.2, -0.15) is 0 Å². The minimum atomic E-state index is 0.0425. The Kier molecular flexibility index (Phi) is 4.73. The van der Waals surface area contributed by atoms with Crippen molar-refractivity contribution in [3.63, 3.8) is 0 Å². The number of aliphatic hydroxyl groups is 1. The van der Waals surface area contributed by atoms with E-state index < -0.39 is 0 Å². The molecule has 0 saturated carbocycles. The topological polar surface area (TPSA) is 76.1 Å². The van der Waals surface area contributed by atoms with Crippen LogP contribution < -0.4 is 5.32 Å². The van der Waals surface area contributed by atoms with Crippen LogP contribution in [0.15, 0.2) is 63.7 Å². The minimum Gasteiger partial charge on any atom is -0.444 e. The number of rotatable bonds is 6. The first-order valence-electron chi connectivity index (χ1n) is 8.25. The van der Waals surface area contributed by atoms with Crippen LogP contribution in [0.2, 0.25) is 0 Å². The first kappa shape index (κ1) is 16.8. The normalized spacial score (nSPS) is 11.2. The Balaban J connectivity index is 1.65. The van der Waals surface area contributed by atoms with Crippen LogP contribution in [0.3, 0.4) is 0 Å². The molecular weight excluding hydrogens is 396 g/mol. The standard InChI is InChI=1S/C19H17BrN4O2/c20-14-7-5-13(6-8-14)18-22-15(12-26-18)11-24-17-4-2-1-3-16(17)23-19(24)21-9-10-25/h1-8,12,25H,9-11H2,(H,21,23). The van der Waals surface area contributed by atoms with Gasteiger partial charge in [-0.05, 0) is 36.4 Å². The maximum Gasteiger partial charge on any atom is 0.226 e. The highest BCUT2D eigenvalue weighted by Crippen LogP contribution is 2.24. The van der Waals surface area contributed by atoms with Gasteiger partial charge in [0.25, 0.3) is 0 Å². The number of fused-ring (bicyclic) bond motifs is 1. The molecule has 0 saturated heterocycles. The monoisotopic (exact) mass is 412 g/mol. The summed E-state index contributed by atoms with van der Waals surface area (Å²) in [4.78, 5) is 9.20. The predicted octanol–water partition coefficient (Wildman–Crippen LogP) is 3.91. The van der Waals surface area contributed by atoms with Gasteiger partial charge in [0.05, 0.1) is 29.9 Å². The summed E-state index contributed by atoms with van der Waals surface area (Å²) < 4.78 is 8.70. The van der Waals surface area contributed by atoms with Crippen LogP contribution in [-0.2, 0) is 6.54 Å². The molecule has 0 amide bonds. The molecule has 0 radical (unpaired) electrons. The summed E-state index contributed by atoms with van der Waals surface area (Å²) in [7, 11) is 0. The lowest BCUT2D eigenvalue weighted by atomic mass is 10.2. The van der Waals surface area contributed by atoms with Crippen molar-refractivity contribution in [2.45, 2.75) is 6.54 Å². The van der Waals surface area contributed by atoms with Crippen LogP contribution in [0.25, 0.3) is 22.5 Å². The molecule has 0 fully saturated rings. The third-order valence-corrected chi connectivity index (χ3v) is 4.54. The highest BCUT2D eigenvalue weighted by molar-refractivity contribution is 9.10. The second kappa shape index (κ2) is 7.31. The highest BCUT2D eigenvalue weighted by Gasteiger charge is 2.13. The fourth-order valence-electron chi connectivity index (χ4n) is 2.80. The zero-order chi connectivity index (χ0) is 17.9. The lowest BCUT2D eigenvalue weighted by molar-refractivity contribution is 0.310. The minimum absolute atomic E-state index is 0.0425. The first-order valence-corrected chi connectivity index (χ1v) is 9.04. The maximum absolute atomic E-state index is 9.10. The van der Waals surface area contributed by atoms with E-state index in [9.17, 15) is 0 Å². The van der Waals surface area contributed by atoms with Crippen molar-refractivity contribution >= 4 is 32.9 Å². The summed E-state index contributed by atoms with van der Waals surface area (Å²) in [5.41, 5.74) is 3.62. The molecular formula is C19H17BrN4O2. The third kappa shape index (κ3) is 3.36. The van der Waals surface area contributed by atoms with Gasteiger partial charge in [-0.25, -0.2) is 9.97 Å². The van der Waals surface area contributed by atoms with E-state index in [1.165, 1.54) is 0 Å². The number of aromatic nitrogens is 3. The van der Waals surface area contributed by atoms with Crippen LogP contribution in [0.5, 0.6) is 0 Å². The van der Waals surface area contributed by atoms with Crippen LogP contribution in [0.1, 0.15) is 5.69 Å². The van der Waals surface area contributed by atoms with Crippen molar-refractivity contribution < 1.29 is 9.52 Å². The smallest absolute Gasteiger partial charge is 0.226 e. The van der Waals surface area contributed by atoms with Gasteiger partial charge in [0, 0.05) is 16.6 Å². The molecule has 2 heterocycles. The Bertz CT molecular complexity index is 1020. The summed E-state index contributed by atoms with van der Waals surface area (Å²) in [6.45, 7) is 1.00. The molecule has 0 spiro atoms. The zero-order valence-corrected chi connectivity index (χ0v) is 15.5.